The fourth-order valence-electron chi connectivity index (χ4n) is 2.17. The van der Waals surface area contributed by atoms with Gasteiger partial charge in [-0.2, -0.15) is 0 Å². The summed E-state index contributed by atoms with van der Waals surface area (Å²) in [4.78, 5) is 12.6. The molecule has 1 aliphatic heterocycles. The molecule has 1 amide bonds. The molecule has 0 unspecified atom stereocenters. The zero-order chi connectivity index (χ0) is 9.84. The van der Waals surface area contributed by atoms with Gasteiger partial charge in [0.05, 0.1) is 12.1 Å². The Kier molecular flexibility index (Phi) is 3.72. The summed E-state index contributed by atoms with van der Waals surface area (Å²) in [6, 6.07) is 0.294. The zero-order valence-corrected chi connectivity index (χ0v) is 8.69. The van der Waals surface area contributed by atoms with Crippen LogP contribution in [0.4, 0.5) is 0 Å². The molecule has 1 fully saturated rings. The number of methoxy groups -OCH3 is 1. The molecule has 3 nitrogen and oxygen atoms in total. The Morgan fingerprint density at radius 2 is 2.23 bits per heavy atom. The molecule has 2 atom stereocenters. The summed E-state index contributed by atoms with van der Waals surface area (Å²) in [6.07, 6.45) is 3.32. The van der Waals surface area contributed by atoms with Gasteiger partial charge >= 0.3 is 0 Å². The van der Waals surface area contributed by atoms with Crippen molar-refractivity contribution in [2.45, 2.75) is 38.8 Å². The molecule has 1 saturated heterocycles. The van der Waals surface area contributed by atoms with E-state index in [1.807, 2.05) is 4.90 Å². The van der Waals surface area contributed by atoms with Gasteiger partial charge in [0, 0.05) is 13.7 Å². The van der Waals surface area contributed by atoms with Gasteiger partial charge in [-0.3, -0.25) is 4.79 Å². The summed E-state index contributed by atoms with van der Waals surface area (Å²) in [5, 5.41) is 0. The van der Waals surface area contributed by atoms with Crippen LogP contribution in [0.2, 0.25) is 0 Å². The molecule has 3 heteroatoms. The van der Waals surface area contributed by atoms with Gasteiger partial charge in [0.2, 0.25) is 6.41 Å². The van der Waals surface area contributed by atoms with Crippen LogP contribution in [-0.4, -0.2) is 37.1 Å². The number of rotatable bonds is 4. The number of hydrogen-bond acceptors (Lipinski definition) is 2. The standard InChI is InChI=1S/C10H19NO2/c1-8(2)10(13-3)9-5-4-6-11(9)7-12/h7-10H,4-6H2,1-3H3/t9-,10+/m0/s1. The van der Waals surface area contributed by atoms with E-state index >= 15 is 0 Å². The minimum Gasteiger partial charge on any atom is -0.379 e. The van der Waals surface area contributed by atoms with Crippen LogP contribution in [0.1, 0.15) is 26.7 Å². The topological polar surface area (TPSA) is 29.5 Å². The Morgan fingerprint density at radius 3 is 2.69 bits per heavy atom. The van der Waals surface area contributed by atoms with E-state index in [2.05, 4.69) is 13.8 Å². The summed E-state index contributed by atoms with van der Waals surface area (Å²) < 4.78 is 5.43. The van der Waals surface area contributed by atoms with Gasteiger partial charge in [0.1, 0.15) is 0 Å². The Bertz CT molecular complexity index is 170. The molecule has 0 saturated carbocycles. The average Bonchev–Trinajstić information content (AvgIpc) is 2.53. The first-order valence-electron chi connectivity index (χ1n) is 4.94. The van der Waals surface area contributed by atoms with Crippen LogP contribution in [0.3, 0.4) is 0 Å². The molecule has 0 aromatic rings. The first-order valence-corrected chi connectivity index (χ1v) is 4.94. The molecule has 1 aliphatic rings. The van der Waals surface area contributed by atoms with Crippen LogP contribution in [0, 0.1) is 5.92 Å². The van der Waals surface area contributed by atoms with E-state index in [0.29, 0.717) is 12.0 Å². The lowest BCUT2D eigenvalue weighted by Crippen LogP contribution is -2.42. The molecule has 0 radical (unpaired) electrons. The van der Waals surface area contributed by atoms with Gasteiger partial charge in [-0.05, 0) is 18.8 Å². The number of nitrogens with zero attached hydrogens (tertiary/aromatic N) is 1. The molecule has 0 spiro atoms. The highest BCUT2D eigenvalue weighted by Crippen LogP contribution is 2.24. The summed E-state index contributed by atoms with van der Waals surface area (Å²) in [6.45, 7) is 5.16. The van der Waals surface area contributed by atoms with E-state index in [1.165, 1.54) is 0 Å². The highest BCUT2D eigenvalue weighted by molar-refractivity contribution is 5.48. The van der Waals surface area contributed by atoms with Crippen LogP contribution in [-0.2, 0) is 9.53 Å². The quantitative estimate of drug-likeness (QED) is 0.617. The maximum atomic E-state index is 10.7. The lowest BCUT2D eigenvalue weighted by atomic mass is 9.98. The highest BCUT2D eigenvalue weighted by Gasteiger charge is 2.32. The van der Waals surface area contributed by atoms with Gasteiger partial charge in [0.25, 0.3) is 0 Å². The minimum absolute atomic E-state index is 0.188. The summed E-state index contributed by atoms with van der Waals surface area (Å²) in [5.74, 6) is 0.468. The van der Waals surface area contributed by atoms with E-state index in [9.17, 15) is 4.79 Å². The molecule has 1 heterocycles. The third-order valence-electron chi connectivity index (χ3n) is 2.79. The second kappa shape index (κ2) is 4.61. The molecule has 76 valence electrons. The van der Waals surface area contributed by atoms with Gasteiger partial charge in [-0.15, -0.1) is 0 Å². The maximum absolute atomic E-state index is 10.7. The van der Waals surface area contributed by atoms with Crippen molar-refractivity contribution < 1.29 is 9.53 Å². The number of ether oxygens (including phenoxy) is 1. The molecule has 0 N–H and O–H groups in total. The summed E-state index contributed by atoms with van der Waals surface area (Å²) in [5.41, 5.74) is 0. The van der Waals surface area contributed by atoms with Crippen LogP contribution in [0.15, 0.2) is 0 Å². The highest BCUT2D eigenvalue weighted by atomic mass is 16.5. The second-order valence-electron chi connectivity index (χ2n) is 4.00. The van der Waals surface area contributed by atoms with Crippen molar-refractivity contribution in [2.24, 2.45) is 5.92 Å². The van der Waals surface area contributed by atoms with Crippen molar-refractivity contribution in [3.8, 4) is 0 Å². The third kappa shape index (κ3) is 2.21. The largest absolute Gasteiger partial charge is 0.379 e. The van der Waals surface area contributed by atoms with Gasteiger partial charge in [-0.25, -0.2) is 0 Å². The van der Waals surface area contributed by atoms with E-state index in [1.54, 1.807) is 7.11 Å². The molecule has 1 rings (SSSR count). The zero-order valence-electron chi connectivity index (χ0n) is 8.69. The van der Waals surface area contributed by atoms with Gasteiger partial charge in [-0.1, -0.05) is 13.8 Å². The molecular weight excluding hydrogens is 166 g/mol. The number of hydrogen-bond donors (Lipinski definition) is 0. The van der Waals surface area contributed by atoms with E-state index < -0.39 is 0 Å². The van der Waals surface area contributed by atoms with Crippen molar-refractivity contribution in [1.29, 1.82) is 0 Å². The number of carbonyl (C=O) groups excluding carboxylic acids is 1. The van der Waals surface area contributed by atoms with Gasteiger partial charge in [0.15, 0.2) is 0 Å². The summed E-state index contributed by atoms with van der Waals surface area (Å²) >= 11 is 0. The van der Waals surface area contributed by atoms with Crippen molar-refractivity contribution in [1.82, 2.24) is 4.90 Å². The van der Waals surface area contributed by atoms with Crippen molar-refractivity contribution in [3.05, 3.63) is 0 Å². The molecule has 0 aromatic heterocycles. The molecule has 0 aliphatic carbocycles. The Balaban J connectivity index is 2.61. The average molecular weight is 185 g/mol. The number of carbonyl (C=O) groups is 1. The van der Waals surface area contributed by atoms with Crippen LogP contribution in [0.25, 0.3) is 0 Å². The first kappa shape index (κ1) is 10.5. The fraction of sp³-hybridized carbons (Fsp3) is 0.900. The number of amides is 1. The lowest BCUT2D eigenvalue weighted by Gasteiger charge is -2.30. The van der Waals surface area contributed by atoms with E-state index in [-0.39, 0.29) is 6.10 Å². The van der Waals surface area contributed by atoms with Crippen LogP contribution < -0.4 is 0 Å². The van der Waals surface area contributed by atoms with E-state index in [0.717, 1.165) is 25.8 Å². The molecule has 0 aromatic carbocycles. The van der Waals surface area contributed by atoms with Crippen molar-refractivity contribution in [3.63, 3.8) is 0 Å². The molecule has 0 bridgehead atoms. The molecule has 13 heavy (non-hydrogen) atoms. The van der Waals surface area contributed by atoms with Crippen LogP contribution in [0.5, 0.6) is 0 Å². The maximum Gasteiger partial charge on any atom is 0.210 e. The first-order chi connectivity index (χ1) is 6.20. The second-order valence-corrected chi connectivity index (χ2v) is 4.00. The minimum atomic E-state index is 0.188. The third-order valence-corrected chi connectivity index (χ3v) is 2.79. The summed E-state index contributed by atoms with van der Waals surface area (Å²) in [7, 11) is 1.73. The predicted octanol–water partition coefficient (Wildman–Crippen LogP) is 1.28. The van der Waals surface area contributed by atoms with Crippen molar-refractivity contribution in [2.75, 3.05) is 13.7 Å². The number of likely N-dealkylation sites (tertiary alicyclic amines) is 1. The Hall–Kier alpha value is -0.570. The Labute approximate surface area is 80.1 Å². The SMILES string of the molecule is CO[C@H](C(C)C)[C@@H]1CCCN1C=O. The normalized spacial score (nSPS) is 25.2. The monoisotopic (exact) mass is 185 g/mol. The lowest BCUT2D eigenvalue weighted by molar-refractivity contribution is -0.122. The smallest absolute Gasteiger partial charge is 0.210 e. The van der Waals surface area contributed by atoms with Crippen LogP contribution >= 0.6 is 0 Å². The fourth-order valence-corrected chi connectivity index (χ4v) is 2.17. The molecular formula is C10H19NO2. The Morgan fingerprint density at radius 1 is 1.54 bits per heavy atom. The predicted molar refractivity (Wildman–Crippen MR) is 51.4 cm³/mol. The van der Waals surface area contributed by atoms with Crippen molar-refractivity contribution >= 4 is 6.41 Å². The van der Waals surface area contributed by atoms with Gasteiger partial charge < -0.3 is 9.64 Å². The van der Waals surface area contributed by atoms with E-state index in [4.69, 9.17) is 4.74 Å².